The van der Waals surface area contributed by atoms with Crippen molar-refractivity contribution in [2.75, 3.05) is 115 Å². The smallest absolute Gasteiger partial charge is 0.338 e. The fourth-order valence-corrected chi connectivity index (χ4v) is 10.5. The lowest BCUT2D eigenvalue weighted by Crippen LogP contribution is -2.63. The summed E-state index contributed by atoms with van der Waals surface area (Å²) in [6, 6.07) is 13.4. The largest absolute Gasteiger partial charge is 0.416 e. The van der Waals surface area contributed by atoms with E-state index in [2.05, 4.69) is 49.3 Å². The van der Waals surface area contributed by atoms with Gasteiger partial charge in [-0.15, -0.1) is 0 Å². The van der Waals surface area contributed by atoms with Crippen LogP contribution in [-0.4, -0.2) is 162 Å². The number of aromatic nitrogens is 4. The molecule has 2 unspecified atom stereocenters. The van der Waals surface area contributed by atoms with Crippen molar-refractivity contribution in [2.24, 2.45) is 11.5 Å². The van der Waals surface area contributed by atoms with Gasteiger partial charge in [0.1, 0.15) is 0 Å². The summed E-state index contributed by atoms with van der Waals surface area (Å²) in [7, 11) is 0. The molecule has 6 heterocycles. The number of benzene rings is 2. The lowest BCUT2D eigenvalue weighted by molar-refractivity contribution is -0.138. The number of hydrogen-bond acceptors (Lipinski definition) is 13. The molecular formula is C47H60F6N12O. The Kier molecular flexibility index (Phi) is 14.6. The lowest BCUT2D eigenvalue weighted by Gasteiger charge is -2.49. The SMILES string of the molecule is NCC1(c2cccc(C(F)(F)F)c2)CCN(C(CN2CCN(c3ncccn3)CC2)C(=O)C(CN2CCN(c3ncccn3)CC2)N2CCC(CN)(c3cccc(C(F)(F)F)c3)CC2)CC1. The quantitative estimate of drug-likeness (QED) is 0.172. The molecule has 2 aromatic heterocycles. The molecule has 4 saturated heterocycles. The first-order valence-corrected chi connectivity index (χ1v) is 23.0. The van der Waals surface area contributed by atoms with Crippen molar-refractivity contribution >= 4 is 17.7 Å². The Morgan fingerprint density at radius 1 is 0.530 bits per heavy atom. The van der Waals surface area contributed by atoms with Crippen LogP contribution in [0.3, 0.4) is 0 Å². The molecule has 2 atom stereocenters. The number of carbonyl (C=O) groups is 1. The number of anilines is 2. The van der Waals surface area contributed by atoms with Gasteiger partial charge in [-0.05, 0) is 87.3 Å². The standard InChI is InChI=1S/C47H60F6N12O/c48-46(49,50)37-7-1-5-35(29-37)44(33-54)9-17-62(18-10-44)39(31-60-21-25-64(26-22-60)42-56-13-3-14-57-42)41(66)40(32-61-23-27-65(28-24-61)43-58-15-4-16-59-43)63-19-11-45(34-55,12-20-63)36-6-2-8-38(30-36)47(51,52)53/h1-8,13-16,29-30,39-40H,9-12,17-28,31-34,54-55H2. The zero-order chi connectivity index (χ0) is 46.5. The molecule has 4 aliphatic rings. The molecule has 0 spiro atoms. The summed E-state index contributed by atoms with van der Waals surface area (Å²) in [4.78, 5) is 46.8. The predicted molar refractivity (Wildman–Crippen MR) is 240 cm³/mol. The summed E-state index contributed by atoms with van der Waals surface area (Å²) in [5.41, 5.74) is 11.2. The van der Waals surface area contributed by atoms with Crippen molar-refractivity contribution in [3.05, 3.63) is 108 Å². The van der Waals surface area contributed by atoms with Crippen LogP contribution in [0, 0.1) is 0 Å². The van der Waals surface area contributed by atoms with Crippen molar-refractivity contribution in [3.8, 4) is 0 Å². The third-order valence-electron chi connectivity index (χ3n) is 14.7. The number of piperidine rings is 2. The number of nitrogens with zero attached hydrogens (tertiary/aromatic N) is 10. The number of likely N-dealkylation sites (tertiary alicyclic amines) is 2. The molecule has 19 heteroatoms. The summed E-state index contributed by atoms with van der Waals surface area (Å²) >= 11 is 0. The van der Waals surface area contributed by atoms with Crippen LogP contribution in [0.2, 0.25) is 0 Å². The molecule has 356 valence electrons. The van der Waals surface area contributed by atoms with Crippen LogP contribution in [0.25, 0.3) is 0 Å². The van der Waals surface area contributed by atoms with Crippen molar-refractivity contribution in [1.29, 1.82) is 0 Å². The van der Waals surface area contributed by atoms with Gasteiger partial charge in [-0.2, -0.15) is 26.3 Å². The minimum absolute atomic E-state index is 0.0521. The fourth-order valence-electron chi connectivity index (χ4n) is 10.5. The van der Waals surface area contributed by atoms with Gasteiger partial charge in [0, 0.05) is 114 Å². The van der Waals surface area contributed by atoms with Crippen molar-refractivity contribution in [2.45, 2.75) is 60.9 Å². The van der Waals surface area contributed by atoms with Crippen LogP contribution in [0.4, 0.5) is 38.2 Å². The van der Waals surface area contributed by atoms with Crippen molar-refractivity contribution in [3.63, 3.8) is 0 Å². The van der Waals surface area contributed by atoms with Gasteiger partial charge >= 0.3 is 12.4 Å². The Bertz CT molecular complexity index is 2030. The van der Waals surface area contributed by atoms with E-state index in [9.17, 15) is 26.3 Å². The Morgan fingerprint density at radius 2 is 0.879 bits per heavy atom. The number of nitrogens with two attached hydrogens (primary N) is 2. The first-order chi connectivity index (χ1) is 31.7. The van der Waals surface area contributed by atoms with Crippen LogP contribution < -0.4 is 21.3 Å². The van der Waals surface area contributed by atoms with E-state index in [0.29, 0.717) is 140 Å². The second-order valence-corrected chi connectivity index (χ2v) is 18.3. The van der Waals surface area contributed by atoms with E-state index in [-0.39, 0.29) is 18.9 Å². The number of halogens is 6. The first kappa shape index (κ1) is 47.7. The highest BCUT2D eigenvalue weighted by atomic mass is 19.4. The molecule has 4 N–H and O–H groups in total. The summed E-state index contributed by atoms with van der Waals surface area (Å²) in [5.74, 6) is 1.35. The monoisotopic (exact) mass is 922 g/mol. The van der Waals surface area contributed by atoms with Crippen molar-refractivity contribution in [1.82, 2.24) is 39.5 Å². The van der Waals surface area contributed by atoms with E-state index in [1.807, 2.05) is 0 Å². The maximum absolute atomic E-state index is 15.8. The first-order valence-electron chi connectivity index (χ1n) is 23.0. The van der Waals surface area contributed by atoms with Gasteiger partial charge in [-0.25, -0.2) is 19.9 Å². The minimum Gasteiger partial charge on any atom is -0.338 e. The number of rotatable bonds is 14. The van der Waals surface area contributed by atoms with Gasteiger partial charge in [0.15, 0.2) is 5.78 Å². The van der Waals surface area contributed by atoms with Gasteiger partial charge in [-0.1, -0.05) is 36.4 Å². The second-order valence-electron chi connectivity index (χ2n) is 18.3. The van der Waals surface area contributed by atoms with Gasteiger partial charge in [0.05, 0.1) is 23.2 Å². The minimum atomic E-state index is -4.50. The zero-order valence-corrected chi connectivity index (χ0v) is 37.2. The molecule has 2 aromatic carbocycles. The average Bonchev–Trinajstić information content (AvgIpc) is 3.35. The maximum Gasteiger partial charge on any atom is 0.416 e. The van der Waals surface area contributed by atoms with Crippen LogP contribution in [0.1, 0.15) is 47.9 Å². The molecule has 8 rings (SSSR count). The molecule has 4 aliphatic heterocycles. The molecule has 4 fully saturated rings. The Hall–Kier alpha value is -4.79. The predicted octanol–water partition coefficient (Wildman–Crippen LogP) is 4.54. The Morgan fingerprint density at radius 3 is 1.20 bits per heavy atom. The van der Waals surface area contributed by atoms with Gasteiger partial charge in [-0.3, -0.25) is 24.4 Å². The molecule has 0 bridgehead atoms. The number of carbonyl (C=O) groups excluding carboxylic acids is 1. The van der Waals surface area contributed by atoms with Crippen LogP contribution in [0.15, 0.2) is 85.5 Å². The lowest BCUT2D eigenvalue weighted by atomic mass is 9.71. The molecule has 66 heavy (non-hydrogen) atoms. The number of piperazine rings is 2. The van der Waals surface area contributed by atoms with Gasteiger partial charge in [0.25, 0.3) is 0 Å². The third kappa shape index (κ3) is 10.7. The normalized spacial score (nSPS) is 21.4. The van der Waals surface area contributed by atoms with Crippen molar-refractivity contribution < 1.29 is 31.1 Å². The van der Waals surface area contributed by atoms with Crippen LogP contribution >= 0.6 is 0 Å². The molecule has 0 aliphatic carbocycles. The summed E-state index contributed by atoms with van der Waals surface area (Å²) in [6.07, 6.45) is -0.235. The van der Waals surface area contributed by atoms with E-state index in [1.54, 1.807) is 49.1 Å². The van der Waals surface area contributed by atoms with E-state index >= 15 is 4.79 Å². The molecular weight excluding hydrogens is 863 g/mol. The molecule has 0 saturated carbocycles. The zero-order valence-electron chi connectivity index (χ0n) is 37.2. The number of alkyl halides is 6. The fraction of sp³-hybridized carbons (Fsp3) is 0.553. The Balaban J connectivity index is 1.07. The molecule has 0 amide bonds. The topological polar surface area (TPSA) is 140 Å². The highest BCUT2D eigenvalue weighted by molar-refractivity contribution is 5.89. The van der Waals surface area contributed by atoms with Crippen LogP contribution in [-0.2, 0) is 28.0 Å². The maximum atomic E-state index is 15.8. The highest BCUT2D eigenvalue weighted by Crippen LogP contribution is 2.41. The van der Waals surface area contributed by atoms with E-state index in [4.69, 9.17) is 11.5 Å². The highest BCUT2D eigenvalue weighted by Gasteiger charge is 2.46. The molecule has 4 aromatic rings. The summed E-state index contributed by atoms with van der Waals surface area (Å²) < 4.78 is 83.5. The van der Waals surface area contributed by atoms with E-state index in [1.165, 1.54) is 24.3 Å². The van der Waals surface area contributed by atoms with Gasteiger partial charge < -0.3 is 21.3 Å². The summed E-state index contributed by atoms with van der Waals surface area (Å²) in [5, 5.41) is 0. The molecule has 13 nitrogen and oxygen atoms in total. The number of Topliss-reactive ketones (excluding diaryl/α,β-unsaturated/α-hetero) is 1. The van der Waals surface area contributed by atoms with Crippen LogP contribution in [0.5, 0.6) is 0 Å². The average molecular weight is 923 g/mol. The molecule has 0 radical (unpaired) electrons. The van der Waals surface area contributed by atoms with Gasteiger partial charge in [0.2, 0.25) is 11.9 Å². The summed E-state index contributed by atoms with van der Waals surface area (Å²) in [6.45, 7) is 8.36. The van der Waals surface area contributed by atoms with E-state index in [0.717, 1.165) is 12.1 Å². The second kappa shape index (κ2) is 20.2. The Labute approximate surface area is 382 Å². The van der Waals surface area contributed by atoms with E-state index < -0.39 is 46.4 Å². The number of hydrogen-bond donors (Lipinski definition) is 2. The third-order valence-corrected chi connectivity index (χ3v) is 14.7. The number of ketones is 1.